The SMILES string of the molecule is C#CCC[O-].[Li+]. The van der Waals surface area contributed by atoms with Crippen molar-refractivity contribution in [2.45, 2.75) is 6.42 Å². The first-order valence-electron chi connectivity index (χ1n) is 1.43. The summed E-state index contributed by atoms with van der Waals surface area (Å²) in [5.41, 5.74) is 0. The molecule has 0 heterocycles. The number of hydrogen-bond donors (Lipinski definition) is 0. The van der Waals surface area contributed by atoms with Crippen molar-refractivity contribution in [1.82, 2.24) is 0 Å². The Hall–Kier alpha value is 0.117. The molecule has 0 fully saturated rings. The van der Waals surface area contributed by atoms with E-state index in [1.54, 1.807) is 0 Å². The summed E-state index contributed by atoms with van der Waals surface area (Å²) in [6, 6.07) is 0. The third-order valence-electron chi connectivity index (χ3n) is 0.246. The fourth-order valence-corrected chi connectivity index (χ4v) is 0.0589. The Bertz CT molecular complexity index is 46.0. The van der Waals surface area contributed by atoms with Crippen LogP contribution in [-0.2, 0) is 0 Å². The smallest absolute Gasteiger partial charge is 0.854 e. The molecule has 0 amide bonds. The predicted molar refractivity (Wildman–Crippen MR) is 18.3 cm³/mol. The van der Waals surface area contributed by atoms with Crippen LogP contribution in [0.4, 0.5) is 0 Å². The van der Waals surface area contributed by atoms with E-state index in [1.807, 2.05) is 0 Å². The zero-order valence-corrected chi connectivity index (χ0v) is 3.90. The molecule has 0 aliphatic heterocycles. The maximum Gasteiger partial charge on any atom is 1.00 e. The first kappa shape index (κ1) is 9.45. The molecule has 0 aromatic heterocycles. The molecule has 0 rings (SSSR count). The van der Waals surface area contributed by atoms with E-state index in [2.05, 4.69) is 12.3 Å². The minimum Gasteiger partial charge on any atom is -0.854 e. The third kappa shape index (κ3) is 8.92. The largest absolute Gasteiger partial charge is 1.00 e. The summed E-state index contributed by atoms with van der Waals surface area (Å²) in [4.78, 5) is 0. The summed E-state index contributed by atoms with van der Waals surface area (Å²) in [6.07, 6.45) is 5.05. The molecule has 0 saturated heterocycles. The first-order valence-corrected chi connectivity index (χ1v) is 1.43. The van der Waals surface area contributed by atoms with Gasteiger partial charge in [-0.2, -0.15) is 0 Å². The van der Waals surface area contributed by atoms with Gasteiger partial charge in [-0.25, -0.2) is 0 Å². The van der Waals surface area contributed by atoms with E-state index < -0.39 is 0 Å². The number of rotatable bonds is 1. The number of hydrogen-bond acceptors (Lipinski definition) is 1. The van der Waals surface area contributed by atoms with Crippen molar-refractivity contribution in [2.24, 2.45) is 0 Å². The van der Waals surface area contributed by atoms with Crippen LogP contribution in [0.3, 0.4) is 0 Å². The average Bonchev–Trinajstić information content (AvgIpc) is 1.41. The fourth-order valence-electron chi connectivity index (χ4n) is 0.0589. The maximum atomic E-state index is 9.39. The van der Waals surface area contributed by atoms with Gasteiger partial charge in [-0.15, -0.1) is 19.0 Å². The second kappa shape index (κ2) is 8.93. The molecule has 0 N–H and O–H groups in total. The Morgan fingerprint density at radius 3 is 2.17 bits per heavy atom. The van der Waals surface area contributed by atoms with Crippen LogP contribution < -0.4 is 24.0 Å². The minimum absolute atomic E-state index is 0. The molecule has 0 atom stereocenters. The van der Waals surface area contributed by atoms with Crippen molar-refractivity contribution in [3.63, 3.8) is 0 Å². The maximum absolute atomic E-state index is 9.39. The van der Waals surface area contributed by atoms with E-state index in [0.29, 0.717) is 6.42 Å². The minimum atomic E-state index is -0.142. The van der Waals surface area contributed by atoms with Gasteiger partial charge in [0, 0.05) is 0 Å². The molecule has 0 bridgehead atoms. The summed E-state index contributed by atoms with van der Waals surface area (Å²) < 4.78 is 0. The van der Waals surface area contributed by atoms with Gasteiger partial charge < -0.3 is 5.11 Å². The van der Waals surface area contributed by atoms with Gasteiger partial charge in [0.1, 0.15) is 0 Å². The molecule has 0 radical (unpaired) electrons. The molecule has 6 heavy (non-hydrogen) atoms. The molecule has 0 saturated carbocycles. The van der Waals surface area contributed by atoms with Gasteiger partial charge in [0.15, 0.2) is 0 Å². The zero-order valence-electron chi connectivity index (χ0n) is 3.90. The van der Waals surface area contributed by atoms with Crippen LogP contribution in [0.5, 0.6) is 0 Å². The predicted octanol–water partition coefficient (Wildman–Crippen LogP) is -3.63. The van der Waals surface area contributed by atoms with Crippen LogP contribution in [-0.4, -0.2) is 6.61 Å². The summed E-state index contributed by atoms with van der Waals surface area (Å²) in [5.74, 6) is 2.20. The molecule has 0 unspecified atom stereocenters. The van der Waals surface area contributed by atoms with E-state index in [-0.39, 0.29) is 25.5 Å². The van der Waals surface area contributed by atoms with Gasteiger partial charge in [-0.05, 0) is 6.42 Å². The van der Waals surface area contributed by atoms with E-state index in [1.165, 1.54) is 0 Å². The van der Waals surface area contributed by atoms with Gasteiger partial charge in [0.05, 0.1) is 0 Å². The van der Waals surface area contributed by atoms with Gasteiger partial charge in [0.2, 0.25) is 0 Å². The van der Waals surface area contributed by atoms with E-state index in [0.717, 1.165) is 0 Å². The average molecular weight is 76.0 g/mol. The monoisotopic (exact) mass is 76.1 g/mol. The van der Waals surface area contributed by atoms with E-state index in [9.17, 15) is 5.11 Å². The van der Waals surface area contributed by atoms with Crippen LogP contribution >= 0.6 is 0 Å². The normalized spacial score (nSPS) is 5.33. The standard InChI is InChI=1S/C4H5O.Li/c1-2-3-4-5;/h1H,3-4H2;/q-1;+1. The molecule has 0 aromatic carbocycles. The van der Waals surface area contributed by atoms with E-state index >= 15 is 0 Å². The van der Waals surface area contributed by atoms with Crippen LogP contribution in [0.1, 0.15) is 6.42 Å². The van der Waals surface area contributed by atoms with E-state index in [4.69, 9.17) is 0 Å². The van der Waals surface area contributed by atoms with Crippen molar-refractivity contribution in [1.29, 1.82) is 0 Å². The molecule has 0 aliphatic rings. The summed E-state index contributed by atoms with van der Waals surface area (Å²) >= 11 is 0. The molecule has 0 spiro atoms. The molecular formula is C4H5LiO. The fraction of sp³-hybridized carbons (Fsp3) is 0.500. The van der Waals surface area contributed by atoms with Gasteiger partial charge in [0.25, 0.3) is 0 Å². The van der Waals surface area contributed by atoms with Gasteiger partial charge in [-0.1, -0.05) is 0 Å². The summed E-state index contributed by atoms with van der Waals surface area (Å²) in [6.45, 7) is -0.142. The molecule has 1 nitrogen and oxygen atoms in total. The molecular weight excluding hydrogens is 71.0 g/mol. The Morgan fingerprint density at radius 2 is 2.17 bits per heavy atom. The van der Waals surface area contributed by atoms with Crippen LogP contribution in [0, 0.1) is 12.3 Å². The first-order chi connectivity index (χ1) is 2.41. The molecule has 0 aliphatic carbocycles. The molecule has 2 heteroatoms. The summed E-state index contributed by atoms with van der Waals surface area (Å²) in [7, 11) is 0. The van der Waals surface area contributed by atoms with Crippen molar-refractivity contribution in [2.75, 3.05) is 6.61 Å². The van der Waals surface area contributed by atoms with Crippen molar-refractivity contribution < 1.29 is 24.0 Å². The van der Waals surface area contributed by atoms with Crippen LogP contribution in [0.25, 0.3) is 0 Å². The van der Waals surface area contributed by atoms with Gasteiger partial charge >= 0.3 is 18.9 Å². The topological polar surface area (TPSA) is 23.1 Å². The van der Waals surface area contributed by atoms with Crippen molar-refractivity contribution in [3.05, 3.63) is 0 Å². The van der Waals surface area contributed by atoms with Crippen molar-refractivity contribution >= 4 is 0 Å². The third-order valence-corrected chi connectivity index (χ3v) is 0.246. The molecule has 0 aromatic rings. The van der Waals surface area contributed by atoms with Crippen LogP contribution in [0.15, 0.2) is 0 Å². The Kier molecular flexibility index (Phi) is 14.1. The van der Waals surface area contributed by atoms with Crippen molar-refractivity contribution in [3.8, 4) is 12.3 Å². The van der Waals surface area contributed by atoms with Gasteiger partial charge in [-0.3, -0.25) is 0 Å². The quantitative estimate of drug-likeness (QED) is 0.233. The second-order valence-corrected chi connectivity index (χ2v) is 0.658. The Morgan fingerprint density at radius 1 is 1.67 bits per heavy atom. The summed E-state index contributed by atoms with van der Waals surface area (Å²) in [5, 5.41) is 9.39. The molecule has 28 valence electrons. The Balaban J connectivity index is 0. The second-order valence-electron chi connectivity index (χ2n) is 0.658. The number of terminal acetylenes is 1. The Labute approximate surface area is 49.9 Å². The zero-order chi connectivity index (χ0) is 4.12. The van der Waals surface area contributed by atoms with Crippen LogP contribution in [0.2, 0.25) is 0 Å².